The Morgan fingerprint density at radius 3 is 2.86 bits per heavy atom. The topological polar surface area (TPSA) is 67.0 Å². The van der Waals surface area contributed by atoms with E-state index in [1.54, 1.807) is 25.3 Å². The molecule has 1 heterocycles. The van der Waals surface area contributed by atoms with E-state index in [4.69, 9.17) is 4.74 Å². The highest BCUT2D eigenvalue weighted by molar-refractivity contribution is 8.00. The smallest absolute Gasteiger partial charge is 0.405 e. The lowest BCUT2D eigenvalue weighted by atomic mass is 10.3. The third-order valence-electron chi connectivity index (χ3n) is 2.79. The standard InChI is InChI=1S/C13H14F3N3O2S/c1-7(11(20)17-6-13(14,15)16)22-12-18-9-4-3-8(21-2)5-10(9)19-12/h3-5,7H,6H2,1-2H3,(H,17,20)(H,18,19)/t7-/m1/s1. The summed E-state index contributed by atoms with van der Waals surface area (Å²) in [4.78, 5) is 18.9. The lowest BCUT2D eigenvalue weighted by molar-refractivity contribution is -0.137. The molecule has 0 fully saturated rings. The molecular formula is C13H14F3N3O2S. The Kier molecular flexibility index (Phi) is 4.84. The second kappa shape index (κ2) is 6.47. The van der Waals surface area contributed by atoms with Crippen molar-refractivity contribution in [2.75, 3.05) is 13.7 Å². The molecule has 0 bridgehead atoms. The Labute approximate surface area is 128 Å². The Hall–Kier alpha value is -1.90. The van der Waals surface area contributed by atoms with E-state index in [-0.39, 0.29) is 0 Å². The van der Waals surface area contributed by atoms with E-state index in [0.29, 0.717) is 16.4 Å². The van der Waals surface area contributed by atoms with Gasteiger partial charge >= 0.3 is 6.18 Å². The summed E-state index contributed by atoms with van der Waals surface area (Å²) in [6, 6.07) is 5.25. The van der Waals surface area contributed by atoms with Crippen LogP contribution in [0.15, 0.2) is 23.4 Å². The molecule has 0 spiro atoms. The van der Waals surface area contributed by atoms with Crippen molar-refractivity contribution in [1.29, 1.82) is 0 Å². The molecule has 2 rings (SSSR count). The third-order valence-corrected chi connectivity index (χ3v) is 3.77. The molecule has 22 heavy (non-hydrogen) atoms. The van der Waals surface area contributed by atoms with Crippen molar-refractivity contribution in [1.82, 2.24) is 15.3 Å². The fourth-order valence-corrected chi connectivity index (χ4v) is 2.55. The number of aromatic nitrogens is 2. The molecule has 0 saturated heterocycles. The van der Waals surface area contributed by atoms with Crippen LogP contribution in [0.25, 0.3) is 11.0 Å². The predicted octanol–water partition coefficient (Wildman–Crippen LogP) is 2.73. The third kappa shape index (κ3) is 4.30. The van der Waals surface area contributed by atoms with E-state index in [9.17, 15) is 18.0 Å². The van der Waals surface area contributed by atoms with Crippen LogP contribution in [0.4, 0.5) is 13.2 Å². The van der Waals surface area contributed by atoms with E-state index >= 15 is 0 Å². The Balaban J connectivity index is 2.02. The van der Waals surface area contributed by atoms with Gasteiger partial charge in [0.05, 0.1) is 23.4 Å². The van der Waals surface area contributed by atoms with Crippen molar-refractivity contribution in [3.63, 3.8) is 0 Å². The SMILES string of the molecule is COc1ccc2nc(S[C@H](C)C(=O)NCC(F)(F)F)[nH]c2c1. The molecule has 0 aliphatic carbocycles. The van der Waals surface area contributed by atoms with Crippen LogP contribution in [-0.2, 0) is 4.79 Å². The van der Waals surface area contributed by atoms with Crippen LogP contribution in [0.5, 0.6) is 5.75 Å². The molecule has 0 saturated carbocycles. The molecule has 120 valence electrons. The Morgan fingerprint density at radius 2 is 2.23 bits per heavy atom. The van der Waals surface area contributed by atoms with Crippen LogP contribution in [0, 0.1) is 0 Å². The number of imidazole rings is 1. The van der Waals surface area contributed by atoms with Gasteiger partial charge < -0.3 is 15.0 Å². The minimum atomic E-state index is -4.42. The molecule has 0 aliphatic heterocycles. The van der Waals surface area contributed by atoms with Crippen LogP contribution in [-0.4, -0.2) is 41.0 Å². The number of nitrogens with one attached hydrogen (secondary N) is 2. The molecular weight excluding hydrogens is 319 g/mol. The number of halogens is 3. The van der Waals surface area contributed by atoms with Crippen LogP contribution < -0.4 is 10.1 Å². The second-order valence-corrected chi connectivity index (χ2v) is 5.85. The van der Waals surface area contributed by atoms with Gasteiger partial charge in [-0.3, -0.25) is 4.79 Å². The van der Waals surface area contributed by atoms with Gasteiger partial charge in [0.15, 0.2) is 5.16 Å². The molecule has 1 aromatic heterocycles. The first-order chi connectivity index (χ1) is 10.3. The molecule has 0 radical (unpaired) electrons. The highest BCUT2D eigenvalue weighted by atomic mass is 32.2. The zero-order valence-corrected chi connectivity index (χ0v) is 12.6. The van der Waals surface area contributed by atoms with Crippen LogP contribution in [0.3, 0.4) is 0 Å². The number of benzene rings is 1. The predicted molar refractivity (Wildman–Crippen MR) is 77.0 cm³/mol. The first-order valence-electron chi connectivity index (χ1n) is 6.33. The van der Waals surface area contributed by atoms with Gasteiger partial charge in [0.1, 0.15) is 12.3 Å². The van der Waals surface area contributed by atoms with Crippen molar-refractivity contribution in [3.05, 3.63) is 18.2 Å². The quantitative estimate of drug-likeness (QED) is 0.826. The molecule has 2 N–H and O–H groups in total. The Bertz CT molecular complexity index is 672. The summed E-state index contributed by atoms with van der Waals surface area (Å²) in [7, 11) is 1.54. The largest absolute Gasteiger partial charge is 0.497 e. The maximum Gasteiger partial charge on any atom is 0.405 e. The van der Waals surface area contributed by atoms with E-state index in [0.717, 1.165) is 17.3 Å². The first kappa shape index (κ1) is 16.5. The number of methoxy groups -OCH3 is 1. The van der Waals surface area contributed by atoms with Crippen LogP contribution >= 0.6 is 11.8 Å². The summed E-state index contributed by atoms with van der Waals surface area (Å²) >= 11 is 1.05. The number of fused-ring (bicyclic) bond motifs is 1. The fourth-order valence-electron chi connectivity index (χ4n) is 1.70. The number of thioether (sulfide) groups is 1. The molecule has 1 amide bonds. The van der Waals surface area contributed by atoms with Gasteiger partial charge in [-0.15, -0.1) is 0 Å². The van der Waals surface area contributed by atoms with Crippen molar-refractivity contribution >= 4 is 28.7 Å². The molecule has 9 heteroatoms. The van der Waals surface area contributed by atoms with Gasteiger partial charge in [0.2, 0.25) is 5.91 Å². The molecule has 0 unspecified atom stereocenters. The zero-order chi connectivity index (χ0) is 16.3. The number of amides is 1. The maximum absolute atomic E-state index is 12.1. The Morgan fingerprint density at radius 1 is 1.50 bits per heavy atom. The van der Waals surface area contributed by atoms with E-state index < -0.39 is 23.9 Å². The average Bonchev–Trinajstić information content (AvgIpc) is 2.84. The highest BCUT2D eigenvalue weighted by Crippen LogP contribution is 2.26. The first-order valence-corrected chi connectivity index (χ1v) is 7.21. The fraction of sp³-hybridized carbons (Fsp3) is 0.385. The van der Waals surface area contributed by atoms with Crippen molar-refractivity contribution < 1.29 is 22.7 Å². The molecule has 5 nitrogen and oxygen atoms in total. The van der Waals surface area contributed by atoms with Crippen molar-refractivity contribution in [3.8, 4) is 5.75 Å². The van der Waals surface area contributed by atoms with E-state index in [1.807, 2.05) is 5.32 Å². The van der Waals surface area contributed by atoms with E-state index in [2.05, 4.69) is 9.97 Å². The summed E-state index contributed by atoms with van der Waals surface area (Å²) in [5.41, 5.74) is 1.41. The van der Waals surface area contributed by atoms with Gasteiger partial charge in [0, 0.05) is 6.07 Å². The van der Waals surface area contributed by atoms with Crippen molar-refractivity contribution in [2.24, 2.45) is 0 Å². The van der Waals surface area contributed by atoms with Gasteiger partial charge in [-0.1, -0.05) is 11.8 Å². The number of carbonyl (C=O) groups excluding carboxylic acids is 1. The number of rotatable bonds is 5. The summed E-state index contributed by atoms with van der Waals surface area (Å²) in [6.45, 7) is 0.179. The van der Waals surface area contributed by atoms with Gasteiger partial charge in [-0.2, -0.15) is 13.2 Å². The minimum Gasteiger partial charge on any atom is -0.497 e. The second-order valence-electron chi connectivity index (χ2n) is 4.52. The van der Waals surface area contributed by atoms with Crippen LogP contribution in [0.2, 0.25) is 0 Å². The maximum atomic E-state index is 12.1. The number of ether oxygens (including phenoxy) is 1. The van der Waals surface area contributed by atoms with Gasteiger partial charge in [-0.25, -0.2) is 4.98 Å². The summed E-state index contributed by atoms with van der Waals surface area (Å²) < 4.78 is 41.3. The van der Waals surface area contributed by atoms with Crippen LogP contribution in [0.1, 0.15) is 6.92 Å². The zero-order valence-electron chi connectivity index (χ0n) is 11.8. The molecule has 1 aromatic carbocycles. The van der Waals surface area contributed by atoms with Gasteiger partial charge in [0.25, 0.3) is 0 Å². The number of nitrogens with zero attached hydrogens (tertiary/aromatic N) is 1. The number of H-pyrrole nitrogens is 1. The molecule has 0 aliphatic rings. The number of carbonyl (C=O) groups is 1. The summed E-state index contributed by atoms with van der Waals surface area (Å²) in [5, 5.41) is 1.60. The average molecular weight is 333 g/mol. The number of hydrogen-bond donors (Lipinski definition) is 2. The number of aromatic amines is 1. The summed E-state index contributed by atoms with van der Waals surface area (Å²) in [6.07, 6.45) is -4.42. The van der Waals surface area contributed by atoms with E-state index in [1.165, 1.54) is 6.92 Å². The van der Waals surface area contributed by atoms with Gasteiger partial charge in [-0.05, 0) is 19.1 Å². The molecule has 2 aromatic rings. The summed E-state index contributed by atoms with van der Waals surface area (Å²) in [5.74, 6) is -0.0379. The monoisotopic (exact) mass is 333 g/mol. The normalized spacial score (nSPS) is 13.1. The number of hydrogen-bond acceptors (Lipinski definition) is 4. The highest BCUT2D eigenvalue weighted by Gasteiger charge is 2.29. The van der Waals surface area contributed by atoms with Crippen molar-refractivity contribution in [2.45, 2.75) is 23.5 Å². The lowest BCUT2D eigenvalue weighted by Gasteiger charge is -2.12. The lowest BCUT2D eigenvalue weighted by Crippen LogP contribution is -2.38. The molecule has 1 atom stereocenters. The number of alkyl halides is 3. The minimum absolute atomic E-state index is 0.456.